The van der Waals surface area contributed by atoms with Gasteiger partial charge < -0.3 is 9.47 Å². The molecule has 0 unspecified atom stereocenters. The third kappa shape index (κ3) is 3.88. The molecule has 0 aliphatic carbocycles. The maximum Gasteiger partial charge on any atom is 0.344 e. The Balaban J connectivity index is 1.88. The van der Waals surface area contributed by atoms with Crippen molar-refractivity contribution in [2.24, 2.45) is 0 Å². The Morgan fingerprint density at radius 1 is 1.23 bits per heavy atom. The lowest BCUT2D eigenvalue weighted by molar-refractivity contribution is -0.145. The predicted molar refractivity (Wildman–Crippen MR) is 99.3 cm³/mol. The Morgan fingerprint density at radius 3 is 2.73 bits per heavy atom. The van der Waals surface area contributed by atoms with Gasteiger partial charge in [-0.3, -0.25) is 10.2 Å². The van der Waals surface area contributed by atoms with Crippen LogP contribution in [0.3, 0.4) is 0 Å². The molecule has 0 fully saturated rings. The van der Waals surface area contributed by atoms with Gasteiger partial charge in [-0.1, -0.05) is 24.3 Å². The van der Waals surface area contributed by atoms with Crippen LogP contribution in [0, 0.1) is 0 Å². The summed E-state index contributed by atoms with van der Waals surface area (Å²) in [6.07, 6.45) is 1.99. The van der Waals surface area contributed by atoms with Gasteiger partial charge in [-0.05, 0) is 30.5 Å². The van der Waals surface area contributed by atoms with E-state index in [0.29, 0.717) is 12.4 Å². The van der Waals surface area contributed by atoms with Crippen LogP contribution in [0.15, 0.2) is 47.9 Å². The topological polar surface area (TPSA) is 67.9 Å². The van der Waals surface area contributed by atoms with Gasteiger partial charge in [-0.15, -0.1) is 11.3 Å². The van der Waals surface area contributed by atoms with Crippen LogP contribution in [0.1, 0.15) is 30.3 Å². The summed E-state index contributed by atoms with van der Waals surface area (Å²) in [7, 11) is 0. The fourth-order valence-electron chi connectivity index (χ4n) is 2.74. The van der Waals surface area contributed by atoms with Gasteiger partial charge in [0.05, 0.1) is 17.2 Å². The monoisotopic (exact) mass is 372 g/mol. The predicted octanol–water partition coefficient (Wildman–Crippen LogP) is 3.14. The highest BCUT2D eigenvalue weighted by molar-refractivity contribution is 7.11. The fraction of sp³-hybridized carbons (Fsp3) is 0.263. The van der Waals surface area contributed by atoms with Crippen molar-refractivity contribution in [1.29, 1.82) is 0 Å². The lowest BCUT2D eigenvalue weighted by atomic mass is 10.0. The second-order valence-electron chi connectivity index (χ2n) is 5.63. The molecule has 1 aromatic heterocycles. The number of nitrogens with zero attached hydrogens (tertiary/aromatic N) is 1. The largest absolute Gasteiger partial charge is 0.482 e. The van der Waals surface area contributed by atoms with E-state index >= 15 is 0 Å². The lowest BCUT2D eigenvalue weighted by Crippen LogP contribution is -2.37. The number of ether oxygens (including phenoxy) is 2. The van der Waals surface area contributed by atoms with Crippen LogP contribution in [-0.2, 0) is 14.3 Å². The molecule has 1 N–H and O–H groups in total. The average molecular weight is 372 g/mol. The van der Waals surface area contributed by atoms with Crippen molar-refractivity contribution in [3.8, 4) is 5.75 Å². The molecule has 7 heteroatoms. The quantitative estimate of drug-likeness (QED) is 0.789. The van der Waals surface area contributed by atoms with E-state index < -0.39 is 5.97 Å². The molecule has 136 valence electrons. The average Bonchev–Trinajstić information content (AvgIpc) is 3.30. The van der Waals surface area contributed by atoms with Gasteiger partial charge in [0, 0.05) is 12.5 Å². The fourth-order valence-corrected chi connectivity index (χ4v) is 3.44. The molecule has 0 saturated heterocycles. The summed E-state index contributed by atoms with van der Waals surface area (Å²) >= 11 is 1.59. The maximum atomic E-state index is 12.1. The number of benzene rings is 1. The number of esters is 1. The molecule has 0 radical (unpaired) electrons. The van der Waals surface area contributed by atoms with Gasteiger partial charge in [0.2, 0.25) is 5.91 Å². The SMILES string of the molecule is CCOC(=O)COc1ccccc1[C@H]1C=C(c2cccs2)NN1C(C)=O. The van der Waals surface area contributed by atoms with Crippen molar-refractivity contribution in [2.45, 2.75) is 19.9 Å². The standard InChI is InChI=1S/C19H20N2O4S/c1-3-24-19(23)12-25-17-8-5-4-7-14(17)16-11-15(18-9-6-10-26-18)20-21(16)13(2)22/h4-11,16,20H,3,12H2,1-2H3/t16-/m1/s1. The highest BCUT2D eigenvalue weighted by atomic mass is 32.1. The van der Waals surface area contributed by atoms with Gasteiger partial charge in [-0.25, -0.2) is 9.80 Å². The van der Waals surface area contributed by atoms with E-state index in [4.69, 9.17) is 9.47 Å². The number of carbonyl (C=O) groups excluding carboxylic acids is 2. The molecular formula is C19H20N2O4S. The third-order valence-electron chi connectivity index (χ3n) is 3.86. The molecule has 2 heterocycles. The number of carbonyl (C=O) groups is 2. The summed E-state index contributed by atoms with van der Waals surface area (Å²) in [4.78, 5) is 24.8. The molecule has 6 nitrogen and oxygen atoms in total. The van der Waals surface area contributed by atoms with Crippen LogP contribution >= 0.6 is 11.3 Å². The number of para-hydroxylation sites is 1. The van der Waals surface area contributed by atoms with Crippen molar-refractivity contribution < 1.29 is 19.1 Å². The minimum Gasteiger partial charge on any atom is -0.482 e. The van der Waals surface area contributed by atoms with Crippen LogP contribution in [0.4, 0.5) is 0 Å². The molecule has 0 bridgehead atoms. The van der Waals surface area contributed by atoms with E-state index in [0.717, 1.165) is 16.1 Å². The van der Waals surface area contributed by atoms with Gasteiger partial charge in [0.1, 0.15) is 11.8 Å². The number of hydrogen-bond donors (Lipinski definition) is 1. The molecule has 2 aromatic rings. The van der Waals surface area contributed by atoms with Crippen LogP contribution in [-0.4, -0.2) is 30.1 Å². The summed E-state index contributed by atoms with van der Waals surface area (Å²) in [5, 5.41) is 3.54. The lowest BCUT2D eigenvalue weighted by Gasteiger charge is -2.25. The van der Waals surface area contributed by atoms with E-state index in [1.54, 1.807) is 29.3 Å². The first-order valence-corrected chi connectivity index (χ1v) is 9.17. The molecule has 0 saturated carbocycles. The Hall–Kier alpha value is -2.80. The minimum atomic E-state index is -0.426. The van der Waals surface area contributed by atoms with Crippen LogP contribution < -0.4 is 10.2 Å². The van der Waals surface area contributed by atoms with E-state index in [2.05, 4.69) is 5.43 Å². The smallest absolute Gasteiger partial charge is 0.344 e. The molecule has 1 aliphatic rings. The number of thiophene rings is 1. The minimum absolute atomic E-state index is 0.113. The van der Waals surface area contributed by atoms with E-state index in [-0.39, 0.29) is 18.6 Å². The van der Waals surface area contributed by atoms with Gasteiger partial charge in [0.15, 0.2) is 6.61 Å². The van der Waals surface area contributed by atoms with Crippen molar-refractivity contribution >= 4 is 28.9 Å². The Bertz CT molecular complexity index is 817. The summed E-state index contributed by atoms with van der Waals surface area (Å²) in [5.74, 6) is 0.00498. The highest BCUT2D eigenvalue weighted by Crippen LogP contribution is 2.36. The number of hydrazine groups is 1. The highest BCUT2D eigenvalue weighted by Gasteiger charge is 2.31. The van der Waals surface area contributed by atoms with Gasteiger partial charge in [0.25, 0.3) is 0 Å². The Labute approximate surface area is 156 Å². The zero-order chi connectivity index (χ0) is 18.5. The first-order valence-electron chi connectivity index (χ1n) is 8.29. The molecule has 1 aliphatic heterocycles. The van der Waals surface area contributed by atoms with Gasteiger partial charge >= 0.3 is 5.97 Å². The van der Waals surface area contributed by atoms with Crippen molar-refractivity contribution in [3.63, 3.8) is 0 Å². The Kier molecular flexibility index (Phi) is 5.58. The molecule has 3 rings (SSSR count). The first-order chi connectivity index (χ1) is 12.6. The first kappa shape index (κ1) is 18.0. The molecule has 1 aromatic carbocycles. The van der Waals surface area contributed by atoms with Crippen LogP contribution in [0.5, 0.6) is 5.75 Å². The Morgan fingerprint density at radius 2 is 2.04 bits per heavy atom. The van der Waals surface area contributed by atoms with E-state index in [9.17, 15) is 9.59 Å². The zero-order valence-electron chi connectivity index (χ0n) is 14.6. The molecule has 1 atom stereocenters. The van der Waals surface area contributed by atoms with Crippen molar-refractivity contribution in [1.82, 2.24) is 10.4 Å². The van der Waals surface area contributed by atoms with Crippen LogP contribution in [0.2, 0.25) is 0 Å². The number of hydrogen-bond acceptors (Lipinski definition) is 6. The summed E-state index contributed by atoms with van der Waals surface area (Å²) in [6, 6.07) is 11.0. The van der Waals surface area contributed by atoms with Gasteiger partial charge in [-0.2, -0.15) is 0 Å². The maximum absolute atomic E-state index is 12.1. The molecular weight excluding hydrogens is 352 g/mol. The number of amides is 1. The second-order valence-corrected chi connectivity index (χ2v) is 6.58. The second kappa shape index (κ2) is 8.05. The summed E-state index contributed by atoms with van der Waals surface area (Å²) in [5.41, 5.74) is 4.83. The number of nitrogens with one attached hydrogen (secondary N) is 1. The van der Waals surface area contributed by atoms with E-state index in [1.165, 1.54) is 6.92 Å². The zero-order valence-corrected chi connectivity index (χ0v) is 15.4. The summed E-state index contributed by atoms with van der Waals surface area (Å²) < 4.78 is 10.6. The van der Waals surface area contributed by atoms with E-state index in [1.807, 2.05) is 41.8 Å². The summed E-state index contributed by atoms with van der Waals surface area (Å²) in [6.45, 7) is 3.39. The van der Waals surface area contributed by atoms with Crippen molar-refractivity contribution in [2.75, 3.05) is 13.2 Å². The molecule has 0 spiro atoms. The van der Waals surface area contributed by atoms with Crippen LogP contribution in [0.25, 0.3) is 5.70 Å². The normalized spacial score (nSPS) is 16.0. The third-order valence-corrected chi connectivity index (χ3v) is 4.76. The van der Waals surface area contributed by atoms with Crippen molar-refractivity contribution in [3.05, 3.63) is 58.3 Å². The molecule has 1 amide bonds. The number of rotatable bonds is 6. The molecule has 26 heavy (non-hydrogen) atoms.